The number of amides is 1. The van der Waals surface area contributed by atoms with Gasteiger partial charge in [-0.2, -0.15) is 5.10 Å². The lowest BCUT2D eigenvalue weighted by Gasteiger charge is -2.05. The highest BCUT2D eigenvalue weighted by molar-refractivity contribution is 8.15. The lowest BCUT2D eigenvalue weighted by molar-refractivity contribution is -0.118. The van der Waals surface area contributed by atoms with E-state index in [-0.39, 0.29) is 11.2 Å². The molecule has 0 aliphatic carbocycles. The molecule has 1 fully saturated rings. The molecule has 116 valence electrons. The summed E-state index contributed by atoms with van der Waals surface area (Å²) in [5, 5.41) is 11.3. The number of carbonyl (C=O) groups excluding carboxylic acids is 1. The van der Waals surface area contributed by atoms with Crippen molar-refractivity contribution < 1.29 is 4.79 Å². The van der Waals surface area contributed by atoms with Crippen LogP contribution < -0.4 is 5.32 Å². The van der Waals surface area contributed by atoms with Gasteiger partial charge in [-0.1, -0.05) is 71.9 Å². The summed E-state index contributed by atoms with van der Waals surface area (Å²) >= 11 is 1.43. The Bertz CT molecular complexity index is 739. The molecule has 0 radical (unpaired) electrons. The van der Waals surface area contributed by atoms with Gasteiger partial charge in [0.2, 0.25) is 5.91 Å². The first-order valence-corrected chi connectivity index (χ1v) is 8.28. The fourth-order valence-electron chi connectivity index (χ4n) is 2.21. The average Bonchev–Trinajstić information content (AvgIpc) is 2.90. The van der Waals surface area contributed by atoms with Crippen LogP contribution in [0.4, 0.5) is 0 Å². The predicted molar refractivity (Wildman–Crippen MR) is 95.9 cm³/mol. The van der Waals surface area contributed by atoms with Crippen LogP contribution in [0.15, 0.2) is 64.8 Å². The van der Waals surface area contributed by atoms with Crippen LogP contribution >= 0.6 is 11.8 Å². The van der Waals surface area contributed by atoms with Gasteiger partial charge < -0.3 is 5.32 Å². The fourth-order valence-corrected chi connectivity index (χ4v) is 3.18. The second-order valence-corrected chi connectivity index (χ2v) is 6.54. The van der Waals surface area contributed by atoms with E-state index in [0.29, 0.717) is 11.6 Å². The molecule has 1 aliphatic rings. The van der Waals surface area contributed by atoms with E-state index in [4.69, 9.17) is 0 Å². The topological polar surface area (TPSA) is 53.8 Å². The Labute approximate surface area is 139 Å². The normalized spacial score (nSPS) is 19.4. The third-order valence-corrected chi connectivity index (χ3v) is 4.55. The molecule has 1 unspecified atom stereocenters. The summed E-state index contributed by atoms with van der Waals surface area (Å²) < 4.78 is 0. The van der Waals surface area contributed by atoms with E-state index in [1.807, 2.05) is 30.3 Å². The van der Waals surface area contributed by atoms with Crippen LogP contribution in [-0.2, 0) is 11.2 Å². The molecule has 2 aromatic carbocycles. The molecule has 0 aromatic heterocycles. The number of carbonyl (C=O) groups is 1. The predicted octanol–water partition coefficient (Wildman–Crippen LogP) is 3.16. The molecule has 23 heavy (non-hydrogen) atoms. The summed E-state index contributed by atoms with van der Waals surface area (Å²) in [7, 11) is 0. The van der Waals surface area contributed by atoms with E-state index in [2.05, 4.69) is 46.7 Å². The SMILES string of the molecule is Cc1ccc(CC2S/C(=N/N=C/c3ccccc3)NC2=O)cc1. The smallest absolute Gasteiger partial charge is 0.239 e. The van der Waals surface area contributed by atoms with E-state index < -0.39 is 0 Å². The molecular formula is C18H17N3OS. The third kappa shape index (κ3) is 4.29. The van der Waals surface area contributed by atoms with Gasteiger partial charge in [-0.05, 0) is 24.5 Å². The maximum atomic E-state index is 12.0. The second kappa shape index (κ2) is 7.24. The van der Waals surface area contributed by atoms with Gasteiger partial charge >= 0.3 is 0 Å². The molecule has 1 atom stereocenters. The Hall–Kier alpha value is -2.40. The minimum atomic E-state index is -0.150. The highest BCUT2D eigenvalue weighted by atomic mass is 32.2. The molecule has 1 heterocycles. The molecule has 3 rings (SSSR count). The summed E-state index contributed by atoms with van der Waals surface area (Å²) in [5.74, 6) is -0.00997. The summed E-state index contributed by atoms with van der Waals surface area (Å²) in [6, 6.07) is 18.0. The van der Waals surface area contributed by atoms with E-state index >= 15 is 0 Å². The van der Waals surface area contributed by atoms with Gasteiger partial charge in [0, 0.05) is 0 Å². The number of hydrogen-bond donors (Lipinski definition) is 1. The van der Waals surface area contributed by atoms with Crippen LogP contribution in [-0.4, -0.2) is 22.5 Å². The van der Waals surface area contributed by atoms with Crippen molar-refractivity contribution in [3.63, 3.8) is 0 Å². The van der Waals surface area contributed by atoms with Gasteiger partial charge in [-0.15, -0.1) is 5.10 Å². The zero-order valence-electron chi connectivity index (χ0n) is 12.8. The molecule has 1 saturated heterocycles. The zero-order valence-corrected chi connectivity index (χ0v) is 13.6. The first-order valence-electron chi connectivity index (χ1n) is 7.40. The van der Waals surface area contributed by atoms with E-state index in [1.54, 1.807) is 6.21 Å². The molecule has 1 N–H and O–H groups in total. The van der Waals surface area contributed by atoms with Crippen LogP contribution in [0.1, 0.15) is 16.7 Å². The van der Waals surface area contributed by atoms with Crippen molar-refractivity contribution in [2.75, 3.05) is 0 Å². The molecule has 0 saturated carbocycles. The first kappa shape index (κ1) is 15.5. The standard InChI is InChI=1S/C18H17N3OS/c1-13-7-9-14(10-8-13)11-16-17(22)20-18(23-16)21-19-12-15-5-3-2-4-6-15/h2-10,12,16H,11H2,1H3,(H,20,21,22)/b19-12+. The lowest BCUT2D eigenvalue weighted by Crippen LogP contribution is -2.25. The Morgan fingerprint density at radius 2 is 1.87 bits per heavy atom. The van der Waals surface area contributed by atoms with Crippen molar-refractivity contribution in [3.05, 3.63) is 71.3 Å². The summed E-state index contributed by atoms with van der Waals surface area (Å²) in [6.45, 7) is 2.05. The third-order valence-electron chi connectivity index (χ3n) is 3.47. The highest BCUT2D eigenvalue weighted by Gasteiger charge is 2.30. The molecule has 5 heteroatoms. The van der Waals surface area contributed by atoms with E-state index in [1.165, 1.54) is 17.3 Å². The van der Waals surface area contributed by atoms with Gasteiger partial charge in [0.1, 0.15) is 0 Å². The minimum absolute atomic E-state index is 0.00997. The molecule has 1 amide bonds. The van der Waals surface area contributed by atoms with Crippen LogP contribution in [0.3, 0.4) is 0 Å². The zero-order chi connectivity index (χ0) is 16.1. The van der Waals surface area contributed by atoms with Gasteiger partial charge in [0.05, 0.1) is 11.5 Å². The van der Waals surface area contributed by atoms with Crippen LogP contribution in [0.25, 0.3) is 0 Å². The largest absolute Gasteiger partial charge is 0.303 e. The maximum absolute atomic E-state index is 12.0. The number of amidine groups is 1. The van der Waals surface area contributed by atoms with E-state index in [0.717, 1.165) is 11.1 Å². The van der Waals surface area contributed by atoms with Crippen molar-refractivity contribution >= 4 is 29.1 Å². The maximum Gasteiger partial charge on any atom is 0.239 e. The molecule has 1 aliphatic heterocycles. The van der Waals surface area contributed by atoms with Crippen molar-refractivity contribution in [1.82, 2.24) is 5.32 Å². The number of rotatable bonds is 4. The Morgan fingerprint density at radius 1 is 1.13 bits per heavy atom. The van der Waals surface area contributed by atoms with Gasteiger partial charge in [-0.25, -0.2) is 0 Å². The lowest BCUT2D eigenvalue weighted by atomic mass is 10.1. The first-order chi connectivity index (χ1) is 11.2. The Balaban J connectivity index is 1.61. The summed E-state index contributed by atoms with van der Waals surface area (Å²) in [4.78, 5) is 12.0. The quantitative estimate of drug-likeness (QED) is 0.694. The second-order valence-electron chi connectivity index (χ2n) is 5.35. The number of hydrogen-bond acceptors (Lipinski definition) is 4. The molecule has 0 spiro atoms. The number of thioether (sulfide) groups is 1. The Kier molecular flexibility index (Phi) is 4.88. The Morgan fingerprint density at radius 3 is 2.61 bits per heavy atom. The van der Waals surface area contributed by atoms with Crippen molar-refractivity contribution in [2.45, 2.75) is 18.6 Å². The van der Waals surface area contributed by atoms with Crippen LogP contribution in [0, 0.1) is 6.92 Å². The van der Waals surface area contributed by atoms with E-state index in [9.17, 15) is 4.79 Å². The molecule has 0 bridgehead atoms. The van der Waals surface area contributed by atoms with Crippen LogP contribution in [0.2, 0.25) is 0 Å². The summed E-state index contributed by atoms with van der Waals surface area (Å²) in [5.41, 5.74) is 3.34. The minimum Gasteiger partial charge on any atom is -0.303 e. The number of benzene rings is 2. The number of nitrogens with zero attached hydrogens (tertiary/aromatic N) is 2. The van der Waals surface area contributed by atoms with Gasteiger partial charge in [0.15, 0.2) is 5.17 Å². The van der Waals surface area contributed by atoms with Gasteiger partial charge in [0.25, 0.3) is 0 Å². The van der Waals surface area contributed by atoms with Crippen LogP contribution in [0.5, 0.6) is 0 Å². The van der Waals surface area contributed by atoms with Gasteiger partial charge in [-0.3, -0.25) is 4.79 Å². The molecule has 2 aromatic rings. The van der Waals surface area contributed by atoms with Crippen molar-refractivity contribution in [3.8, 4) is 0 Å². The van der Waals surface area contributed by atoms with Crippen molar-refractivity contribution in [1.29, 1.82) is 0 Å². The monoisotopic (exact) mass is 323 g/mol. The molecular weight excluding hydrogens is 306 g/mol. The average molecular weight is 323 g/mol. The number of aryl methyl sites for hydroxylation is 1. The summed E-state index contributed by atoms with van der Waals surface area (Å²) in [6.07, 6.45) is 2.37. The highest BCUT2D eigenvalue weighted by Crippen LogP contribution is 2.23. The van der Waals surface area contributed by atoms with Crippen molar-refractivity contribution in [2.24, 2.45) is 10.2 Å². The fraction of sp³-hybridized carbons (Fsp3) is 0.167. The molecule has 4 nitrogen and oxygen atoms in total. The number of nitrogens with one attached hydrogen (secondary N) is 1.